The average Bonchev–Trinajstić information content (AvgIpc) is 2.44. The summed E-state index contributed by atoms with van der Waals surface area (Å²) < 4.78 is 5.51. The number of halogens is 1. The van der Waals surface area contributed by atoms with Crippen LogP contribution < -0.4 is 4.74 Å². The fourth-order valence-electron chi connectivity index (χ4n) is 2.08. The zero-order chi connectivity index (χ0) is 14.1. The number of phenolic OH excluding ortho intramolecular Hbond substituents is 1. The van der Waals surface area contributed by atoms with Gasteiger partial charge in [-0.3, -0.25) is 4.79 Å². The molecule has 1 N–H and O–H groups in total. The van der Waals surface area contributed by atoms with Gasteiger partial charge in [-0.1, -0.05) is 23.7 Å². The lowest BCUT2D eigenvalue weighted by Crippen LogP contribution is -2.18. The van der Waals surface area contributed by atoms with Crippen molar-refractivity contribution in [2.45, 2.75) is 0 Å². The number of hydrogen-bond donors (Lipinski definition) is 1. The molecule has 3 nitrogen and oxygen atoms in total. The molecule has 0 aromatic heterocycles. The van der Waals surface area contributed by atoms with Gasteiger partial charge < -0.3 is 9.84 Å². The molecule has 20 heavy (non-hydrogen) atoms. The first-order valence-corrected chi connectivity index (χ1v) is 6.48. The fraction of sp³-hybridized carbons (Fsp3) is 0.0625. The molecule has 1 heterocycles. The van der Waals surface area contributed by atoms with Crippen LogP contribution in [0.15, 0.2) is 48.0 Å². The van der Waals surface area contributed by atoms with Gasteiger partial charge in [-0.05, 0) is 35.9 Å². The highest BCUT2D eigenvalue weighted by atomic mass is 35.5. The van der Waals surface area contributed by atoms with Crippen LogP contribution in [0.2, 0.25) is 5.02 Å². The summed E-state index contributed by atoms with van der Waals surface area (Å²) in [7, 11) is 0. The van der Waals surface area contributed by atoms with Crippen LogP contribution in [-0.4, -0.2) is 17.5 Å². The summed E-state index contributed by atoms with van der Waals surface area (Å²) in [5.41, 5.74) is 1.93. The predicted octanol–water partition coefficient (Wildman–Crippen LogP) is 3.70. The summed E-state index contributed by atoms with van der Waals surface area (Å²) in [6.45, 7) is 0.192. The third kappa shape index (κ3) is 2.40. The molecule has 0 saturated heterocycles. The highest BCUT2D eigenvalue weighted by Gasteiger charge is 2.23. The Bertz CT molecular complexity index is 702. The third-order valence-electron chi connectivity index (χ3n) is 3.10. The molecule has 2 aromatic rings. The number of hydrogen-bond acceptors (Lipinski definition) is 3. The Morgan fingerprint density at radius 1 is 1.15 bits per heavy atom. The van der Waals surface area contributed by atoms with Gasteiger partial charge in [0.2, 0.25) is 0 Å². The molecule has 0 amide bonds. The minimum absolute atomic E-state index is 0.0822. The van der Waals surface area contributed by atoms with E-state index in [0.29, 0.717) is 21.9 Å². The summed E-state index contributed by atoms with van der Waals surface area (Å²) in [4.78, 5) is 12.3. The molecule has 0 saturated carbocycles. The van der Waals surface area contributed by atoms with Crippen molar-refractivity contribution in [1.29, 1.82) is 0 Å². The molecule has 0 radical (unpaired) electrons. The number of ketones is 1. The van der Waals surface area contributed by atoms with E-state index in [1.54, 1.807) is 24.3 Å². The van der Waals surface area contributed by atoms with E-state index in [-0.39, 0.29) is 18.1 Å². The second-order valence-corrected chi connectivity index (χ2v) is 4.96. The zero-order valence-electron chi connectivity index (χ0n) is 10.5. The standard InChI is InChI=1S/C16H11ClO3/c17-12-3-1-10(2-4-12)7-11-9-20-15-8-13(18)5-6-14(15)16(11)19/h1-8,18H,9H2/b11-7+. The molecule has 4 heteroatoms. The molecule has 0 bridgehead atoms. The molecule has 2 aromatic carbocycles. The van der Waals surface area contributed by atoms with Crippen molar-refractivity contribution in [3.8, 4) is 11.5 Å². The van der Waals surface area contributed by atoms with Crippen molar-refractivity contribution >= 4 is 23.5 Å². The molecular formula is C16H11ClO3. The van der Waals surface area contributed by atoms with Gasteiger partial charge in [-0.25, -0.2) is 0 Å². The van der Waals surface area contributed by atoms with Crippen LogP contribution in [0.5, 0.6) is 11.5 Å². The van der Waals surface area contributed by atoms with E-state index >= 15 is 0 Å². The minimum atomic E-state index is -0.0822. The number of carbonyl (C=O) groups is 1. The Morgan fingerprint density at radius 3 is 2.65 bits per heavy atom. The molecular weight excluding hydrogens is 276 g/mol. The van der Waals surface area contributed by atoms with Gasteiger partial charge >= 0.3 is 0 Å². The summed E-state index contributed by atoms with van der Waals surface area (Å²) in [5.74, 6) is 0.422. The fourth-order valence-corrected chi connectivity index (χ4v) is 2.21. The second-order valence-electron chi connectivity index (χ2n) is 4.52. The molecule has 0 fully saturated rings. The first kappa shape index (κ1) is 12.8. The van der Waals surface area contributed by atoms with Gasteiger partial charge in [0.05, 0.1) is 5.56 Å². The molecule has 0 spiro atoms. The van der Waals surface area contributed by atoms with Crippen LogP contribution in [0.4, 0.5) is 0 Å². The minimum Gasteiger partial charge on any atom is -0.508 e. The van der Waals surface area contributed by atoms with Crippen LogP contribution in [-0.2, 0) is 0 Å². The van der Waals surface area contributed by atoms with Gasteiger partial charge in [0, 0.05) is 16.7 Å². The Balaban J connectivity index is 1.95. The zero-order valence-corrected chi connectivity index (χ0v) is 11.2. The summed E-state index contributed by atoms with van der Waals surface area (Å²) >= 11 is 5.83. The van der Waals surface area contributed by atoms with Gasteiger partial charge in [0.15, 0.2) is 5.78 Å². The van der Waals surface area contributed by atoms with Gasteiger partial charge in [0.1, 0.15) is 18.1 Å². The Kier molecular flexibility index (Phi) is 3.20. The molecule has 0 unspecified atom stereocenters. The Hall–Kier alpha value is -2.26. The smallest absolute Gasteiger partial charge is 0.196 e. The van der Waals surface area contributed by atoms with Gasteiger partial charge in [0.25, 0.3) is 0 Å². The largest absolute Gasteiger partial charge is 0.508 e. The number of ether oxygens (including phenoxy) is 1. The lowest BCUT2D eigenvalue weighted by Gasteiger charge is -2.18. The van der Waals surface area contributed by atoms with Gasteiger partial charge in [-0.2, -0.15) is 0 Å². The summed E-state index contributed by atoms with van der Waals surface area (Å²) in [6.07, 6.45) is 1.79. The number of Topliss-reactive ketones (excluding diaryl/α,β-unsaturated/α-hetero) is 1. The lowest BCUT2D eigenvalue weighted by molar-refractivity contribution is 0.100. The van der Waals surface area contributed by atoms with E-state index in [2.05, 4.69) is 0 Å². The van der Waals surface area contributed by atoms with Crippen molar-refractivity contribution in [3.05, 3.63) is 64.2 Å². The quantitative estimate of drug-likeness (QED) is 0.813. The lowest BCUT2D eigenvalue weighted by atomic mass is 9.98. The SMILES string of the molecule is O=C1/C(=C/c2ccc(Cl)cc2)COc2cc(O)ccc21. The van der Waals surface area contributed by atoms with E-state index < -0.39 is 0 Å². The Labute approximate surface area is 121 Å². The van der Waals surface area contributed by atoms with Crippen molar-refractivity contribution in [1.82, 2.24) is 0 Å². The average molecular weight is 287 g/mol. The summed E-state index contributed by atoms with van der Waals surface area (Å²) in [5, 5.41) is 10.0. The number of phenols is 1. The van der Waals surface area contributed by atoms with E-state index in [9.17, 15) is 9.90 Å². The first-order valence-electron chi connectivity index (χ1n) is 6.10. The monoisotopic (exact) mass is 286 g/mol. The number of rotatable bonds is 1. The van der Waals surface area contributed by atoms with Gasteiger partial charge in [-0.15, -0.1) is 0 Å². The Morgan fingerprint density at radius 2 is 1.90 bits per heavy atom. The number of carbonyl (C=O) groups excluding carboxylic acids is 1. The first-order chi connectivity index (χ1) is 9.63. The van der Waals surface area contributed by atoms with Crippen molar-refractivity contribution in [3.63, 3.8) is 0 Å². The molecule has 0 aliphatic carbocycles. The second kappa shape index (κ2) is 5.02. The maximum absolute atomic E-state index is 12.3. The van der Waals surface area contributed by atoms with Crippen LogP contribution >= 0.6 is 11.6 Å². The normalized spacial score (nSPS) is 15.8. The summed E-state index contributed by atoms with van der Waals surface area (Å²) in [6, 6.07) is 11.7. The van der Waals surface area contributed by atoms with Crippen molar-refractivity contribution in [2.75, 3.05) is 6.61 Å². The highest BCUT2D eigenvalue weighted by Crippen LogP contribution is 2.31. The highest BCUT2D eigenvalue weighted by molar-refractivity contribution is 6.30. The van der Waals surface area contributed by atoms with E-state index in [0.717, 1.165) is 5.56 Å². The van der Waals surface area contributed by atoms with E-state index in [1.807, 2.05) is 12.1 Å². The molecule has 1 aliphatic heterocycles. The number of fused-ring (bicyclic) bond motifs is 1. The topological polar surface area (TPSA) is 46.5 Å². The molecule has 1 aliphatic rings. The van der Waals surface area contributed by atoms with Crippen molar-refractivity contribution < 1.29 is 14.6 Å². The van der Waals surface area contributed by atoms with Crippen LogP contribution in [0, 0.1) is 0 Å². The third-order valence-corrected chi connectivity index (χ3v) is 3.35. The maximum atomic E-state index is 12.3. The van der Waals surface area contributed by atoms with Crippen LogP contribution in [0.25, 0.3) is 6.08 Å². The van der Waals surface area contributed by atoms with Crippen LogP contribution in [0.1, 0.15) is 15.9 Å². The van der Waals surface area contributed by atoms with E-state index in [4.69, 9.17) is 16.3 Å². The number of benzene rings is 2. The van der Waals surface area contributed by atoms with Crippen LogP contribution in [0.3, 0.4) is 0 Å². The number of aromatic hydroxyl groups is 1. The predicted molar refractivity (Wildman–Crippen MR) is 77.4 cm³/mol. The molecule has 0 atom stereocenters. The maximum Gasteiger partial charge on any atom is 0.196 e. The van der Waals surface area contributed by atoms with Crippen molar-refractivity contribution in [2.24, 2.45) is 0 Å². The molecule has 100 valence electrons. The molecule has 3 rings (SSSR count). The van der Waals surface area contributed by atoms with E-state index in [1.165, 1.54) is 12.1 Å².